The Labute approximate surface area is 118 Å². The first-order chi connectivity index (χ1) is 9.31. The van der Waals surface area contributed by atoms with Gasteiger partial charge in [-0.2, -0.15) is 0 Å². The van der Waals surface area contributed by atoms with Gasteiger partial charge in [-0.1, -0.05) is 71.9 Å². The van der Waals surface area contributed by atoms with Crippen molar-refractivity contribution in [2.75, 3.05) is 6.61 Å². The minimum Gasteiger partial charge on any atom is -0.486 e. The highest BCUT2D eigenvalue weighted by atomic mass is 32.2. The average molecular weight is 268 g/mol. The van der Waals surface area contributed by atoms with Crippen molar-refractivity contribution in [3.8, 4) is 0 Å². The maximum Gasteiger partial charge on any atom is 0.154 e. The SMILES string of the molecule is Cc1ccc(C2COC(=Cc3ccccc3)S2)cc1. The number of aryl methyl sites for hydroxylation is 1. The minimum absolute atomic E-state index is 0.413. The van der Waals surface area contributed by atoms with Crippen LogP contribution in [0.15, 0.2) is 59.7 Å². The summed E-state index contributed by atoms with van der Waals surface area (Å²) in [5.41, 5.74) is 3.83. The quantitative estimate of drug-likeness (QED) is 0.774. The van der Waals surface area contributed by atoms with Crippen LogP contribution < -0.4 is 0 Å². The van der Waals surface area contributed by atoms with Gasteiger partial charge in [0.2, 0.25) is 0 Å². The van der Waals surface area contributed by atoms with Gasteiger partial charge < -0.3 is 4.74 Å². The van der Waals surface area contributed by atoms with Gasteiger partial charge >= 0.3 is 0 Å². The average Bonchev–Trinajstić information content (AvgIpc) is 2.89. The molecule has 0 radical (unpaired) electrons. The number of hydrogen-bond acceptors (Lipinski definition) is 2. The molecule has 1 fully saturated rings. The molecule has 2 aromatic rings. The Morgan fingerprint density at radius 1 is 1.05 bits per heavy atom. The Morgan fingerprint density at radius 3 is 2.53 bits per heavy atom. The van der Waals surface area contributed by atoms with Gasteiger partial charge in [0.15, 0.2) is 5.09 Å². The fourth-order valence-corrected chi connectivity index (χ4v) is 3.12. The van der Waals surface area contributed by atoms with Crippen molar-refractivity contribution in [1.29, 1.82) is 0 Å². The zero-order chi connectivity index (χ0) is 13.1. The molecule has 3 rings (SSSR count). The van der Waals surface area contributed by atoms with E-state index < -0.39 is 0 Å². The molecule has 1 aliphatic heterocycles. The molecular weight excluding hydrogens is 252 g/mol. The van der Waals surface area contributed by atoms with E-state index in [0.717, 1.165) is 11.7 Å². The summed E-state index contributed by atoms with van der Waals surface area (Å²) in [4.78, 5) is 0. The summed E-state index contributed by atoms with van der Waals surface area (Å²) in [7, 11) is 0. The molecule has 1 unspecified atom stereocenters. The Balaban J connectivity index is 1.74. The third-order valence-corrected chi connectivity index (χ3v) is 4.33. The second-order valence-electron chi connectivity index (χ2n) is 4.70. The van der Waals surface area contributed by atoms with Crippen molar-refractivity contribution >= 4 is 17.8 Å². The van der Waals surface area contributed by atoms with E-state index in [0.29, 0.717) is 5.25 Å². The van der Waals surface area contributed by atoms with Gasteiger partial charge in [0.1, 0.15) is 6.61 Å². The van der Waals surface area contributed by atoms with Crippen LogP contribution in [0.3, 0.4) is 0 Å². The fraction of sp³-hybridized carbons (Fsp3) is 0.176. The molecule has 0 saturated carbocycles. The third kappa shape index (κ3) is 3.02. The number of hydrogen-bond donors (Lipinski definition) is 0. The van der Waals surface area contributed by atoms with E-state index in [-0.39, 0.29) is 0 Å². The van der Waals surface area contributed by atoms with E-state index in [1.165, 1.54) is 16.7 Å². The van der Waals surface area contributed by atoms with Crippen molar-refractivity contribution in [3.05, 3.63) is 76.4 Å². The van der Waals surface area contributed by atoms with Crippen LogP contribution in [0.5, 0.6) is 0 Å². The Bertz CT molecular complexity index is 572. The van der Waals surface area contributed by atoms with Crippen molar-refractivity contribution in [2.24, 2.45) is 0 Å². The first-order valence-corrected chi connectivity index (χ1v) is 7.32. The molecule has 2 aromatic carbocycles. The molecule has 2 heteroatoms. The fourth-order valence-electron chi connectivity index (χ4n) is 2.07. The summed E-state index contributed by atoms with van der Waals surface area (Å²) in [5.74, 6) is 0. The van der Waals surface area contributed by atoms with Crippen molar-refractivity contribution in [1.82, 2.24) is 0 Å². The lowest BCUT2D eigenvalue weighted by molar-refractivity contribution is 0.260. The highest BCUT2D eigenvalue weighted by molar-refractivity contribution is 8.03. The first kappa shape index (κ1) is 12.4. The van der Waals surface area contributed by atoms with Crippen molar-refractivity contribution < 1.29 is 4.74 Å². The van der Waals surface area contributed by atoms with Gasteiger partial charge in [-0.25, -0.2) is 0 Å². The van der Waals surface area contributed by atoms with E-state index >= 15 is 0 Å². The summed E-state index contributed by atoms with van der Waals surface area (Å²) < 4.78 is 5.78. The highest BCUT2D eigenvalue weighted by Crippen LogP contribution is 2.42. The first-order valence-electron chi connectivity index (χ1n) is 6.44. The second kappa shape index (κ2) is 5.54. The summed E-state index contributed by atoms with van der Waals surface area (Å²) >= 11 is 1.80. The molecule has 1 aliphatic rings. The molecule has 19 heavy (non-hydrogen) atoms. The molecule has 0 spiro atoms. The Kier molecular flexibility index (Phi) is 3.60. The number of rotatable bonds is 2. The molecule has 1 atom stereocenters. The maximum atomic E-state index is 5.78. The van der Waals surface area contributed by atoms with Crippen LogP contribution in [0, 0.1) is 6.92 Å². The van der Waals surface area contributed by atoms with Crippen LogP contribution in [0.2, 0.25) is 0 Å². The molecule has 0 aromatic heterocycles. The lowest BCUT2D eigenvalue weighted by Crippen LogP contribution is -1.93. The topological polar surface area (TPSA) is 9.23 Å². The van der Waals surface area contributed by atoms with Crippen LogP contribution in [-0.2, 0) is 4.74 Å². The smallest absolute Gasteiger partial charge is 0.154 e. The zero-order valence-corrected chi connectivity index (χ0v) is 11.7. The van der Waals surface area contributed by atoms with Crippen LogP contribution in [0.4, 0.5) is 0 Å². The monoisotopic (exact) mass is 268 g/mol. The molecule has 1 nitrogen and oxygen atoms in total. The molecule has 1 heterocycles. The molecule has 1 saturated heterocycles. The maximum absolute atomic E-state index is 5.78. The molecular formula is C17H16OS. The normalized spacial score (nSPS) is 20.5. The Hall–Kier alpha value is -1.67. The summed E-state index contributed by atoms with van der Waals surface area (Å²) in [6.45, 7) is 2.87. The number of benzene rings is 2. The predicted molar refractivity (Wildman–Crippen MR) is 81.9 cm³/mol. The molecule has 0 N–H and O–H groups in total. The lowest BCUT2D eigenvalue weighted by atomic mass is 10.1. The van der Waals surface area contributed by atoms with Gasteiger partial charge in [-0.3, -0.25) is 0 Å². The van der Waals surface area contributed by atoms with E-state index in [1.54, 1.807) is 11.8 Å². The van der Waals surface area contributed by atoms with Gasteiger partial charge in [0.25, 0.3) is 0 Å². The largest absolute Gasteiger partial charge is 0.486 e. The van der Waals surface area contributed by atoms with Gasteiger partial charge in [0.05, 0.1) is 5.25 Å². The lowest BCUT2D eigenvalue weighted by Gasteiger charge is -2.05. The number of ether oxygens (including phenoxy) is 1. The van der Waals surface area contributed by atoms with Crippen molar-refractivity contribution in [2.45, 2.75) is 12.2 Å². The van der Waals surface area contributed by atoms with Gasteiger partial charge in [-0.15, -0.1) is 0 Å². The second-order valence-corrected chi connectivity index (χ2v) is 5.91. The third-order valence-electron chi connectivity index (χ3n) is 3.17. The van der Waals surface area contributed by atoms with Gasteiger partial charge in [-0.05, 0) is 24.1 Å². The molecule has 0 aliphatic carbocycles. The van der Waals surface area contributed by atoms with E-state index in [9.17, 15) is 0 Å². The van der Waals surface area contributed by atoms with Crippen LogP contribution in [-0.4, -0.2) is 6.61 Å². The predicted octanol–water partition coefficient (Wildman–Crippen LogP) is 4.80. The van der Waals surface area contributed by atoms with Crippen LogP contribution in [0.25, 0.3) is 6.08 Å². The van der Waals surface area contributed by atoms with E-state index in [2.05, 4.69) is 49.4 Å². The highest BCUT2D eigenvalue weighted by Gasteiger charge is 2.23. The van der Waals surface area contributed by atoms with E-state index in [4.69, 9.17) is 4.74 Å². The van der Waals surface area contributed by atoms with Crippen LogP contribution >= 0.6 is 11.8 Å². The van der Waals surface area contributed by atoms with Gasteiger partial charge in [0, 0.05) is 0 Å². The molecule has 96 valence electrons. The molecule has 0 bridgehead atoms. The number of thioether (sulfide) groups is 1. The standard InChI is InChI=1S/C17H16OS/c1-13-7-9-15(10-8-13)16-12-18-17(19-16)11-14-5-3-2-4-6-14/h2-11,16H,12H2,1H3. The Morgan fingerprint density at radius 2 is 1.79 bits per heavy atom. The summed E-state index contributed by atoms with van der Waals surface area (Å²) in [6.07, 6.45) is 2.11. The van der Waals surface area contributed by atoms with Crippen LogP contribution in [0.1, 0.15) is 21.9 Å². The summed E-state index contributed by atoms with van der Waals surface area (Å²) in [6, 6.07) is 19.0. The molecule has 0 amide bonds. The minimum atomic E-state index is 0.413. The van der Waals surface area contributed by atoms with Crippen molar-refractivity contribution in [3.63, 3.8) is 0 Å². The zero-order valence-electron chi connectivity index (χ0n) is 10.9. The van der Waals surface area contributed by atoms with E-state index in [1.807, 2.05) is 18.2 Å². The summed E-state index contributed by atoms with van der Waals surface area (Å²) in [5, 5.41) is 1.42.